The second kappa shape index (κ2) is 7.16. The highest BCUT2D eigenvalue weighted by molar-refractivity contribution is 5.80. The van der Waals surface area contributed by atoms with Crippen LogP contribution in [0.4, 0.5) is 0 Å². The van der Waals surface area contributed by atoms with Crippen molar-refractivity contribution in [3.05, 3.63) is 89.0 Å². The highest BCUT2D eigenvalue weighted by atomic mass is 16.1. The van der Waals surface area contributed by atoms with Gasteiger partial charge in [0.25, 0.3) is 0 Å². The molecule has 4 nitrogen and oxygen atoms in total. The van der Waals surface area contributed by atoms with E-state index in [0.717, 1.165) is 47.6 Å². The van der Waals surface area contributed by atoms with Gasteiger partial charge >= 0.3 is 0 Å². The number of aryl methyl sites for hydroxylation is 2. The molecule has 4 rings (SSSR count). The predicted molar refractivity (Wildman–Crippen MR) is 102 cm³/mol. The molecule has 3 aromatic rings. The van der Waals surface area contributed by atoms with Crippen molar-refractivity contribution in [2.24, 2.45) is 5.92 Å². The van der Waals surface area contributed by atoms with Gasteiger partial charge in [0, 0.05) is 18.0 Å². The minimum absolute atomic E-state index is 0.0164. The number of rotatable bonds is 4. The van der Waals surface area contributed by atoms with Gasteiger partial charge in [-0.3, -0.25) is 4.79 Å². The zero-order valence-electron chi connectivity index (χ0n) is 14.9. The molecule has 1 amide bonds. The van der Waals surface area contributed by atoms with E-state index in [0.29, 0.717) is 0 Å². The van der Waals surface area contributed by atoms with E-state index < -0.39 is 0 Å². The van der Waals surface area contributed by atoms with Crippen LogP contribution < -0.4 is 5.32 Å². The molecule has 1 aliphatic rings. The number of nitrogens with zero attached hydrogens (tertiary/aromatic N) is 1. The summed E-state index contributed by atoms with van der Waals surface area (Å²) in [7, 11) is 0. The Bertz CT molecular complexity index is 847. The van der Waals surface area contributed by atoms with Crippen LogP contribution in [0.15, 0.2) is 60.7 Å². The number of nitrogens with one attached hydrogen (secondary N) is 2. The Morgan fingerprint density at radius 1 is 1.08 bits per heavy atom. The smallest absolute Gasteiger partial charge is 0.224 e. The lowest BCUT2D eigenvalue weighted by Gasteiger charge is -2.25. The molecule has 26 heavy (non-hydrogen) atoms. The van der Waals surface area contributed by atoms with Gasteiger partial charge in [0.05, 0.1) is 11.7 Å². The Labute approximate surface area is 153 Å². The third-order valence-electron chi connectivity index (χ3n) is 5.09. The van der Waals surface area contributed by atoms with Crippen molar-refractivity contribution < 1.29 is 4.79 Å². The summed E-state index contributed by atoms with van der Waals surface area (Å²) < 4.78 is 0. The molecule has 0 fully saturated rings. The molecular formula is C22H23N3O. The van der Waals surface area contributed by atoms with E-state index in [-0.39, 0.29) is 17.9 Å². The maximum Gasteiger partial charge on any atom is 0.224 e. The average Bonchev–Trinajstić information content (AvgIpc) is 3.06. The van der Waals surface area contributed by atoms with Crippen LogP contribution in [0.2, 0.25) is 0 Å². The molecule has 0 aliphatic heterocycles. The maximum absolute atomic E-state index is 13.0. The number of carbonyl (C=O) groups excluding carboxylic acids is 1. The number of H-pyrrole nitrogens is 1. The molecule has 2 N–H and O–H groups in total. The lowest BCUT2D eigenvalue weighted by molar-refractivity contribution is -0.125. The molecule has 1 aliphatic carbocycles. The van der Waals surface area contributed by atoms with Gasteiger partial charge in [-0.25, -0.2) is 4.98 Å². The lowest BCUT2D eigenvalue weighted by atomic mass is 9.88. The highest BCUT2D eigenvalue weighted by Crippen LogP contribution is 2.27. The van der Waals surface area contributed by atoms with E-state index in [1.54, 1.807) is 0 Å². The largest absolute Gasteiger partial charge is 0.346 e. The number of amides is 1. The molecule has 1 aromatic heterocycles. The second-order valence-corrected chi connectivity index (χ2v) is 6.95. The zero-order valence-corrected chi connectivity index (χ0v) is 14.9. The van der Waals surface area contributed by atoms with Gasteiger partial charge in [-0.1, -0.05) is 60.7 Å². The van der Waals surface area contributed by atoms with Crippen LogP contribution in [0.3, 0.4) is 0 Å². The standard InChI is InChI=1S/C22H23N3O/c1-15-23-19-13-12-18(14-20(19)24-15)22(26)25-21(16-8-4-2-5-9-16)17-10-6-3-7-11-17/h2-11,18,21H,12-14H2,1H3,(H,23,24)(H,25,26). The average molecular weight is 345 g/mol. The molecule has 2 aromatic carbocycles. The van der Waals surface area contributed by atoms with Crippen molar-refractivity contribution in [1.29, 1.82) is 0 Å². The summed E-state index contributed by atoms with van der Waals surface area (Å²) in [5, 5.41) is 3.28. The van der Waals surface area contributed by atoms with Crippen LogP contribution in [0.25, 0.3) is 0 Å². The van der Waals surface area contributed by atoms with Crippen LogP contribution in [-0.4, -0.2) is 15.9 Å². The van der Waals surface area contributed by atoms with E-state index >= 15 is 0 Å². The first-order chi connectivity index (χ1) is 12.7. The van der Waals surface area contributed by atoms with Crippen LogP contribution >= 0.6 is 0 Å². The Morgan fingerprint density at radius 2 is 1.69 bits per heavy atom. The molecule has 1 unspecified atom stereocenters. The number of imidazole rings is 1. The van der Waals surface area contributed by atoms with E-state index in [1.807, 2.05) is 43.3 Å². The molecule has 1 atom stereocenters. The summed E-state index contributed by atoms with van der Waals surface area (Å²) in [4.78, 5) is 20.8. The van der Waals surface area contributed by atoms with Gasteiger partial charge in [0.2, 0.25) is 5.91 Å². The third kappa shape index (κ3) is 3.40. The molecule has 0 radical (unpaired) electrons. The highest BCUT2D eigenvalue weighted by Gasteiger charge is 2.28. The Kier molecular flexibility index (Phi) is 4.57. The minimum Gasteiger partial charge on any atom is -0.346 e. The first-order valence-corrected chi connectivity index (χ1v) is 9.15. The van der Waals surface area contributed by atoms with Crippen molar-refractivity contribution in [3.8, 4) is 0 Å². The fourth-order valence-corrected chi connectivity index (χ4v) is 3.76. The van der Waals surface area contributed by atoms with Crippen LogP contribution in [0, 0.1) is 12.8 Å². The van der Waals surface area contributed by atoms with E-state index in [2.05, 4.69) is 39.6 Å². The Balaban J connectivity index is 1.55. The molecular weight excluding hydrogens is 322 g/mol. The summed E-state index contributed by atoms with van der Waals surface area (Å²) in [5.74, 6) is 1.03. The summed E-state index contributed by atoms with van der Waals surface area (Å²) in [5.41, 5.74) is 4.43. The monoisotopic (exact) mass is 345 g/mol. The minimum atomic E-state index is -0.130. The Morgan fingerprint density at radius 3 is 2.31 bits per heavy atom. The first kappa shape index (κ1) is 16.6. The van der Waals surface area contributed by atoms with Crippen molar-refractivity contribution in [3.63, 3.8) is 0 Å². The number of fused-ring (bicyclic) bond motifs is 1. The van der Waals surface area contributed by atoms with Crippen molar-refractivity contribution >= 4 is 5.91 Å². The first-order valence-electron chi connectivity index (χ1n) is 9.15. The van der Waals surface area contributed by atoms with Gasteiger partial charge in [0.15, 0.2) is 0 Å². The van der Waals surface area contributed by atoms with E-state index in [9.17, 15) is 4.79 Å². The van der Waals surface area contributed by atoms with Gasteiger partial charge in [-0.15, -0.1) is 0 Å². The molecule has 0 saturated carbocycles. The van der Waals surface area contributed by atoms with Gasteiger partial charge in [0.1, 0.15) is 5.82 Å². The van der Waals surface area contributed by atoms with Gasteiger partial charge in [-0.05, 0) is 30.9 Å². The maximum atomic E-state index is 13.0. The van der Waals surface area contributed by atoms with Crippen molar-refractivity contribution in [2.45, 2.75) is 32.2 Å². The number of hydrogen-bond acceptors (Lipinski definition) is 2. The molecule has 132 valence electrons. The number of carbonyl (C=O) groups is 1. The number of aromatic amines is 1. The van der Waals surface area contributed by atoms with E-state index in [4.69, 9.17) is 0 Å². The lowest BCUT2D eigenvalue weighted by Crippen LogP contribution is -2.37. The SMILES string of the molecule is Cc1nc2c([nH]1)CC(C(=O)NC(c1ccccc1)c1ccccc1)CC2. The molecule has 0 bridgehead atoms. The fourth-order valence-electron chi connectivity index (χ4n) is 3.76. The zero-order chi connectivity index (χ0) is 17.9. The van der Waals surface area contributed by atoms with Crippen LogP contribution in [0.1, 0.15) is 40.8 Å². The molecule has 0 spiro atoms. The van der Waals surface area contributed by atoms with Crippen LogP contribution in [0.5, 0.6) is 0 Å². The van der Waals surface area contributed by atoms with E-state index in [1.165, 1.54) is 0 Å². The second-order valence-electron chi connectivity index (χ2n) is 6.95. The molecule has 4 heteroatoms. The quantitative estimate of drug-likeness (QED) is 0.757. The number of benzene rings is 2. The van der Waals surface area contributed by atoms with Gasteiger partial charge in [-0.2, -0.15) is 0 Å². The van der Waals surface area contributed by atoms with Crippen molar-refractivity contribution in [1.82, 2.24) is 15.3 Å². The molecule has 0 saturated heterocycles. The summed E-state index contributed by atoms with van der Waals surface area (Å²) >= 11 is 0. The summed E-state index contributed by atoms with van der Waals surface area (Å²) in [6.45, 7) is 1.97. The predicted octanol–water partition coefficient (Wildman–Crippen LogP) is 3.73. The Hall–Kier alpha value is -2.88. The third-order valence-corrected chi connectivity index (χ3v) is 5.09. The summed E-state index contributed by atoms with van der Waals surface area (Å²) in [6, 6.07) is 20.2. The normalized spacial score (nSPS) is 16.3. The summed E-state index contributed by atoms with van der Waals surface area (Å²) in [6.07, 6.45) is 2.44. The fraction of sp³-hybridized carbons (Fsp3) is 0.273. The van der Waals surface area contributed by atoms with Gasteiger partial charge < -0.3 is 10.3 Å². The van der Waals surface area contributed by atoms with Crippen molar-refractivity contribution in [2.75, 3.05) is 0 Å². The number of aromatic nitrogens is 2. The molecule has 1 heterocycles. The number of hydrogen-bond donors (Lipinski definition) is 2. The van der Waals surface area contributed by atoms with Crippen LogP contribution in [-0.2, 0) is 17.6 Å². The topological polar surface area (TPSA) is 57.8 Å².